The van der Waals surface area contributed by atoms with E-state index < -0.39 is 0 Å². The summed E-state index contributed by atoms with van der Waals surface area (Å²) in [5, 5.41) is 0. The van der Waals surface area contributed by atoms with Crippen molar-refractivity contribution in [3.05, 3.63) is 29.3 Å². The highest BCUT2D eigenvalue weighted by Crippen LogP contribution is 2.13. The van der Waals surface area contributed by atoms with Crippen LogP contribution in [0.4, 0.5) is 5.69 Å². The van der Waals surface area contributed by atoms with Gasteiger partial charge in [0.05, 0.1) is 12.3 Å². The summed E-state index contributed by atoms with van der Waals surface area (Å²) in [5.41, 5.74) is 6.39. The van der Waals surface area contributed by atoms with Crippen molar-refractivity contribution in [1.29, 1.82) is 0 Å². The van der Waals surface area contributed by atoms with E-state index in [0.717, 1.165) is 5.69 Å². The van der Waals surface area contributed by atoms with Gasteiger partial charge in [-0.25, -0.2) is 0 Å². The Morgan fingerprint density at radius 2 is 1.75 bits per heavy atom. The van der Waals surface area contributed by atoms with E-state index in [2.05, 4.69) is 37.5 Å². The van der Waals surface area contributed by atoms with Gasteiger partial charge < -0.3 is 0 Å². The average Bonchev–Trinajstić information content (AvgIpc) is 1.99. The largest absolute Gasteiger partial charge is 0.276 e. The highest BCUT2D eigenvalue weighted by Gasteiger charge is 1.93. The van der Waals surface area contributed by atoms with Crippen LogP contribution in [0.25, 0.3) is 0 Å². The first-order valence-corrected chi connectivity index (χ1v) is 4.18. The lowest BCUT2D eigenvalue weighted by atomic mass is 10.1. The van der Waals surface area contributed by atoms with Gasteiger partial charge in [0.2, 0.25) is 0 Å². The first kappa shape index (κ1) is 9.07. The molecule has 0 aliphatic rings. The second-order valence-corrected chi connectivity index (χ2v) is 2.91. The quantitative estimate of drug-likeness (QED) is 0.695. The maximum atomic E-state index is 5.08. The number of aryl methyl sites for hydroxylation is 2. The maximum Gasteiger partial charge on any atom is 0.0717 e. The fourth-order valence-electron chi connectivity index (χ4n) is 1.19. The summed E-state index contributed by atoms with van der Waals surface area (Å²) in [6.07, 6.45) is 0. The monoisotopic (exact) mass is 165 g/mol. The van der Waals surface area contributed by atoms with Crippen LogP contribution in [-0.2, 0) is 4.84 Å². The molecule has 1 aromatic carbocycles. The molecule has 0 unspecified atom stereocenters. The Kier molecular flexibility index (Phi) is 3.11. The first-order valence-electron chi connectivity index (χ1n) is 4.18. The molecule has 1 rings (SSSR count). The fraction of sp³-hybridized carbons (Fsp3) is 0.400. The number of hydrogen-bond donors (Lipinski definition) is 1. The van der Waals surface area contributed by atoms with E-state index in [1.165, 1.54) is 11.1 Å². The Morgan fingerprint density at radius 1 is 1.17 bits per heavy atom. The molecule has 0 spiro atoms. The highest BCUT2D eigenvalue weighted by molar-refractivity contribution is 5.46. The Balaban J connectivity index is 2.72. The number of anilines is 1. The molecule has 0 saturated carbocycles. The van der Waals surface area contributed by atoms with E-state index in [1.807, 2.05) is 6.92 Å². The third kappa shape index (κ3) is 2.55. The van der Waals surface area contributed by atoms with Crippen LogP contribution in [0, 0.1) is 13.8 Å². The number of rotatable bonds is 3. The molecule has 0 radical (unpaired) electrons. The van der Waals surface area contributed by atoms with Crippen molar-refractivity contribution < 1.29 is 4.84 Å². The summed E-state index contributed by atoms with van der Waals surface area (Å²) in [4.78, 5) is 5.08. The molecule has 0 amide bonds. The van der Waals surface area contributed by atoms with E-state index in [4.69, 9.17) is 4.84 Å². The predicted molar refractivity (Wildman–Crippen MR) is 51.2 cm³/mol. The molecule has 0 aliphatic carbocycles. The maximum absolute atomic E-state index is 5.08. The van der Waals surface area contributed by atoms with Gasteiger partial charge in [-0.3, -0.25) is 10.3 Å². The smallest absolute Gasteiger partial charge is 0.0717 e. The van der Waals surface area contributed by atoms with Crippen molar-refractivity contribution in [1.82, 2.24) is 0 Å². The molecule has 0 atom stereocenters. The topological polar surface area (TPSA) is 21.3 Å². The number of nitrogens with one attached hydrogen (secondary N) is 1. The molecule has 12 heavy (non-hydrogen) atoms. The van der Waals surface area contributed by atoms with Gasteiger partial charge in [0, 0.05) is 0 Å². The molecular weight excluding hydrogens is 150 g/mol. The van der Waals surface area contributed by atoms with Crippen molar-refractivity contribution in [2.75, 3.05) is 12.1 Å². The van der Waals surface area contributed by atoms with Gasteiger partial charge in [-0.1, -0.05) is 6.07 Å². The van der Waals surface area contributed by atoms with Crippen LogP contribution in [0.1, 0.15) is 18.1 Å². The SMILES string of the molecule is CCONc1cc(C)cc(C)c1. The van der Waals surface area contributed by atoms with Gasteiger partial charge in [0.25, 0.3) is 0 Å². The van der Waals surface area contributed by atoms with Crippen LogP contribution in [0.5, 0.6) is 0 Å². The van der Waals surface area contributed by atoms with Crippen molar-refractivity contribution in [3.63, 3.8) is 0 Å². The zero-order valence-corrected chi connectivity index (χ0v) is 7.85. The average molecular weight is 165 g/mol. The normalized spacial score (nSPS) is 9.92. The van der Waals surface area contributed by atoms with Crippen LogP contribution >= 0.6 is 0 Å². The molecule has 0 aliphatic heterocycles. The van der Waals surface area contributed by atoms with E-state index in [9.17, 15) is 0 Å². The van der Waals surface area contributed by atoms with Crippen molar-refractivity contribution >= 4 is 5.69 Å². The van der Waals surface area contributed by atoms with Gasteiger partial charge in [0.1, 0.15) is 0 Å². The lowest BCUT2D eigenvalue weighted by molar-refractivity contribution is 0.210. The van der Waals surface area contributed by atoms with Crippen LogP contribution in [-0.4, -0.2) is 6.61 Å². The minimum absolute atomic E-state index is 0.674. The zero-order chi connectivity index (χ0) is 8.97. The second kappa shape index (κ2) is 4.12. The minimum Gasteiger partial charge on any atom is -0.276 e. The summed E-state index contributed by atoms with van der Waals surface area (Å²) in [7, 11) is 0. The Morgan fingerprint density at radius 3 is 2.25 bits per heavy atom. The molecule has 0 bridgehead atoms. The summed E-state index contributed by atoms with van der Waals surface area (Å²) in [5.74, 6) is 0. The molecule has 0 fully saturated rings. The standard InChI is InChI=1S/C10H15NO/c1-4-12-11-10-6-8(2)5-9(3)7-10/h5-7,11H,4H2,1-3H3. The molecule has 0 heterocycles. The van der Waals surface area contributed by atoms with Crippen LogP contribution < -0.4 is 5.48 Å². The second-order valence-electron chi connectivity index (χ2n) is 2.91. The summed E-state index contributed by atoms with van der Waals surface area (Å²) < 4.78 is 0. The molecule has 1 aromatic rings. The molecule has 2 nitrogen and oxygen atoms in total. The van der Waals surface area contributed by atoms with Gasteiger partial charge in [-0.15, -0.1) is 0 Å². The van der Waals surface area contributed by atoms with E-state index in [-0.39, 0.29) is 0 Å². The molecule has 2 heteroatoms. The van der Waals surface area contributed by atoms with E-state index in [1.54, 1.807) is 0 Å². The summed E-state index contributed by atoms with van der Waals surface area (Å²) in [6.45, 7) is 6.77. The first-order chi connectivity index (χ1) is 5.72. The third-order valence-electron chi connectivity index (χ3n) is 1.56. The Bertz CT molecular complexity index is 238. The molecule has 66 valence electrons. The number of benzene rings is 1. The zero-order valence-electron chi connectivity index (χ0n) is 7.85. The van der Waals surface area contributed by atoms with Crippen molar-refractivity contribution in [3.8, 4) is 0 Å². The van der Waals surface area contributed by atoms with Gasteiger partial charge in [-0.2, -0.15) is 0 Å². The molecule has 0 saturated heterocycles. The third-order valence-corrected chi connectivity index (χ3v) is 1.56. The fourth-order valence-corrected chi connectivity index (χ4v) is 1.19. The molecule has 1 N–H and O–H groups in total. The Hall–Kier alpha value is -1.02. The van der Waals surface area contributed by atoms with E-state index in [0.29, 0.717) is 6.61 Å². The molecular formula is C10H15NO. The Labute approximate surface area is 73.5 Å². The lowest BCUT2D eigenvalue weighted by Gasteiger charge is -2.06. The minimum atomic E-state index is 0.674. The van der Waals surface area contributed by atoms with E-state index >= 15 is 0 Å². The molecule has 0 aromatic heterocycles. The van der Waals surface area contributed by atoms with Gasteiger partial charge >= 0.3 is 0 Å². The van der Waals surface area contributed by atoms with Crippen LogP contribution in [0.15, 0.2) is 18.2 Å². The van der Waals surface area contributed by atoms with Gasteiger partial charge in [0.15, 0.2) is 0 Å². The predicted octanol–water partition coefficient (Wildman–Crippen LogP) is 2.67. The van der Waals surface area contributed by atoms with Crippen LogP contribution in [0.3, 0.4) is 0 Å². The van der Waals surface area contributed by atoms with Crippen molar-refractivity contribution in [2.24, 2.45) is 0 Å². The van der Waals surface area contributed by atoms with Crippen LogP contribution in [0.2, 0.25) is 0 Å². The highest BCUT2D eigenvalue weighted by atomic mass is 16.6. The van der Waals surface area contributed by atoms with Gasteiger partial charge in [-0.05, 0) is 44.0 Å². The summed E-state index contributed by atoms with van der Waals surface area (Å²) >= 11 is 0. The summed E-state index contributed by atoms with van der Waals surface area (Å²) in [6, 6.07) is 6.25. The van der Waals surface area contributed by atoms with Crippen molar-refractivity contribution in [2.45, 2.75) is 20.8 Å². The lowest BCUT2D eigenvalue weighted by Crippen LogP contribution is -2.00. The number of hydrogen-bond acceptors (Lipinski definition) is 2.